The lowest BCUT2D eigenvalue weighted by Gasteiger charge is -2.10. The van der Waals surface area contributed by atoms with Crippen LogP contribution in [-0.4, -0.2) is 19.7 Å². The number of alkyl halides is 3. The summed E-state index contributed by atoms with van der Waals surface area (Å²) in [5.41, 5.74) is 2.57. The van der Waals surface area contributed by atoms with Crippen molar-refractivity contribution in [1.82, 2.24) is 4.98 Å². The topological polar surface area (TPSA) is 47.0 Å². The maximum absolute atomic E-state index is 12.7. The van der Waals surface area contributed by atoms with Gasteiger partial charge in [-0.2, -0.15) is 13.2 Å². The molecule has 0 unspecified atom stereocenters. The van der Waals surface area contributed by atoms with Crippen LogP contribution in [0.3, 0.4) is 0 Å². The van der Waals surface area contributed by atoms with Crippen LogP contribution in [0.1, 0.15) is 36.1 Å². The van der Waals surface area contributed by atoms with E-state index < -0.39 is 21.6 Å². The second-order valence-corrected chi connectivity index (χ2v) is 8.05. The SMILES string of the molecule is CS(=O)(=O)c1ccc(C2=C(c3ccc(C(F)(F)F)cn3)CCC2)cc1. The summed E-state index contributed by atoms with van der Waals surface area (Å²) in [5, 5.41) is 0. The number of hydrogen-bond donors (Lipinski definition) is 0. The molecule has 1 aromatic carbocycles. The number of aromatic nitrogens is 1. The number of rotatable bonds is 3. The molecule has 1 aliphatic rings. The van der Waals surface area contributed by atoms with Crippen molar-refractivity contribution in [3.05, 3.63) is 59.4 Å². The lowest BCUT2D eigenvalue weighted by Crippen LogP contribution is -2.05. The van der Waals surface area contributed by atoms with Gasteiger partial charge in [0.25, 0.3) is 0 Å². The molecule has 0 spiro atoms. The zero-order valence-electron chi connectivity index (χ0n) is 13.5. The molecule has 3 nitrogen and oxygen atoms in total. The van der Waals surface area contributed by atoms with E-state index in [2.05, 4.69) is 4.98 Å². The van der Waals surface area contributed by atoms with Gasteiger partial charge in [0.1, 0.15) is 0 Å². The highest BCUT2D eigenvalue weighted by molar-refractivity contribution is 7.90. The molecule has 7 heteroatoms. The minimum atomic E-state index is -4.40. The molecule has 0 aliphatic heterocycles. The van der Waals surface area contributed by atoms with Crippen LogP contribution >= 0.6 is 0 Å². The first-order valence-corrected chi connectivity index (χ1v) is 9.61. The van der Waals surface area contributed by atoms with E-state index in [-0.39, 0.29) is 4.90 Å². The normalized spacial score (nSPS) is 15.7. The number of allylic oxidation sites excluding steroid dienone is 2. The van der Waals surface area contributed by atoms with E-state index in [1.165, 1.54) is 6.07 Å². The van der Waals surface area contributed by atoms with Gasteiger partial charge < -0.3 is 0 Å². The van der Waals surface area contributed by atoms with E-state index in [9.17, 15) is 21.6 Å². The molecule has 1 aromatic heterocycles. The summed E-state index contributed by atoms with van der Waals surface area (Å²) >= 11 is 0. The summed E-state index contributed by atoms with van der Waals surface area (Å²) in [7, 11) is -3.26. The number of pyridine rings is 1. The van der Waals surface area contributed by atoms with Gasteiger partial charge in [-0.1, -0.05) is 12.1 Å². The number of hydrogen-bond acceptors (Lipinski definition) is 3. The molecular formula is C18H16F3NO2S. The van der Waals surface area contributed by atoms with Crippen LogP contribution in [0.2, 0.25) is 0 Å². The smallest absolute Gasteiger partial charge is 0.256 e. The highest BCUT2D eigenvalue weighted by atomic mass is 32.2. The zero-order chi connectivity index (χ0) is 18.2. The molecule has 0 N–H and O–H groups in total. The maximum atomic E-state index is 12.7. The van der Waals surface area contributed by atoms with Crippen molar-refractivity contribution in [2.75, 3.05) is 6.26 Å². The van der Waals surface area contributed by atoms with E-state index in [1.54, 1.807) is 24.3 Å². The Morgan fingerprint density at radius 2 is 1.60 bits per heavy atom. The second kappa shape index (κ2) is 6.29. The van der Waals surface area contributed by atoms with E-state index in [0.29, 0.717) is 5.69 Å². The van der Waals surface area contributed by atoms with Crippen molar-refractivity contribution in [3.63, 3.8) is 0 Å². The van der Waals surface area contributed by atoms with Crippen LogP contribution < -0.4 is 0 Å². The van der Waals surface area contributed by atoms with Crippen molar-refractivity contribution in [2.24, 2.45) is 0 Å². The summed E-state index contributed by atoms with van der Waals surface area (Å²) in [6, 6.07) is 9.01. The minimum absolute atomic E-state index is 0.240. The Bertz CT molecular complexity index is 912. The molecule has 0 saturated heterocycles. The number of nitrogens with zero attached hydrogens (tertiary/aromatic N) is 1. The van der Waals surface area contributed by atoms with Crippen LogP contribution in [0.5, 0.6) is 0 Å². The van der Waals surface area contributed by atoms with Gasteiger partial charge >= 0.3 is 6.18 Å². The molecule has 3 rings (SSSR count). The number of benzene rings is 1. The average molecular weight is 367 g/mol. The molecule has 0 saturated carbocycles. The van der Waals surface area contributed by atoms with Crippen LogP contribution in [0.25, 0.3) is 11.1 Å². The molecule has 1 aliphatic carbocycles. The maximum Gasteiger partial charge on any atom is 0.417 e. The molecule has 1 heterocycles. The standard InChI is InChI=1S/C18H16F3NO2S/c1-25(23,24)14-8-5-12(6-9-14)15-3-2-4-16(15)17-10-7-13(11-22-17)18(19,20)21/h5-11H,2-4H2,1H3. The largest absolute Gasteiger partial charge is 0.417 e. The Labute approximate surface area is 144 Å². The highest BCUT2D eigenvalue weighted by Crippen LogP contribution is 2.39. The predicted octanol–water partition coefficient (Wildman–Crippen LogP) is 4.60. The third-order valence-corrected chi connectivity index (χ3v) is 5.38. The lowest BCUT2D eigenvalue weighted by atomic mass is 10.00. The monoisotopic (exact) mass is 367 g/mol. The number of halogens is 3. The Morgan fingerprint density at radius 3 is 2.12 bits per heavy atom. The molecule has 25 heavy (non-hydrogen) atoms. The quantitative estimate of drug-likeness (QED) is 0.797. The molecule has 0 bridgehead atoms. The Hall–Kier alpha value is -2.15. The van der Waals surface area contributed by atoms with Crippen LogP contribution in [-0.2, 0) is 16.0 Å². The minimum Gasteiger partial charge on any atom is -0.256 e. The average Bonchev–Trinajstić information content (AvgIpc) is 3.03. The first kappa shape index (κ1) is 17.7. The zero-order valence-corrected chi connectivity index (χ0v) is 14.3. The summed E-state index contributed by atoms with van der Waals surface area (Å²) in [6.45, 7) is 0. The molecule has 0 radical (unpaired) electrons. The van der Waals surface area contributed by atoms with Gasteiger partial charge in [0.05, 0.1) is 16.2 Å². The van der Waals surface area contributed by atoms with Gasteiger partial charge in [-0.15, -0.1) is 0 Å². The summed E-state index contributed by atoms with van der Waals surface area (Å²) < 4.78 is 61.1. The van der Waals surface area contributed by atoms with Gasteiger partial charge in [0.15, 0.2) is 9.84 Å². The molecule has 0 fully saturated rings. The fourth-order valence-corrected chi connectivity index (χ4v) is 3.62. The predicted molar refractivity (Wildman–Crippen MR) is 89.5 cm³/mol. The molecule has 2 aromatic rings. The van der Waals surface area contributed by atoms with Gasteiger partial charge in [-0.05, 0) is 60.2 Å². The fourth-order valence-electron chi connectivity index (χ4n) is 2.99. The number of sulfone groups is 1. The van der Waals surface area contributed by atoms with Crippen molar-refractivity contribution in [3.8, 4) is 0 Å². The van der Waals surface area contributed by atoms with Gasteiger partial charge in [-0.3, -0.25) is 4.98 Å². The molecule has 0 atom stereocenters. The van der Waals surface area contributed by atoms with Crippen molar-refractivity contribution < 1.29 is 21.6 Å². The van der Waals surface area contributed by atoms with E-state index in [4.69, 9.17) is 0 Å². The third-order valence-electron chi connectivity index (χ3n) is 4.25. The van der Waals surface area contributed by atoms with E-state index in [1.807, 2.05) is 0 Å². The summed E-state index contributed by atoms with van der Waals surface area (Å²) in [6.07, 6.45) is 0.0122. The van der Waals surface area contributed by atoms with Crippen LogP contribution in [0, 0.1) is 0 Å². The van der Waals surface area contributed by atoms with Crippen molar-refractivity contribution in [2.45, 2.75) is 30.3 Å². The van der Waals surface area contributed by atoms with Crippen molar-refractivity contribution in [1.29, 1.82) is 0 Å². The van der Waals surface area contributed by atoms with Crippen LogP contribution in [0.4, 0.5) is 13.2 Å². The molecular weight excluding hydrogens is 351 g/mol. The lowest BCUT2D eigenvalue weighted by molar-refractivity contribution is -0.137. The molecule has 0 amide bonds. The summed E-state index contributed by atoms with van der Waals surface area (Å²) in [5.74, 6) is 0. The Kier molecular flexibility index (Phi) is 4.45. The summed E-state index contributed by atoms with van der Waals surface area (Å²) in [4.78, 5) is 4.23. The second-order valence-electron chi connectivity index (χ2n) is 6.04. The van der Waals surface area contributed by atoms with Gasteiger partial charge in [0, 0.05) is 12.5 Å². The van der Waals surface area contributed by atoms with E-state index >= 15 is 0 Å². The van der Waals surface area contributed by atoms with E-state index in [0.717, 1.165) is 54.5 Å². The Morgan fingerprint density at radius 1 is 0.960 bits per heavy atom. The van der Waals surface area contributed by atoms with Gasteiger partial charge in [0.2, 0.25) is 0 Å². The Balaban J connectivity index is 1.97. The highest BCUT2D eigenvalue weighted by Gasteiger charge is 2.31. The first-order valence-electron chi connectivity index (χ1n) is 7.72. The third kappa shape index (κ3) is 3.76. The molecule has 132 valence electrons. The van der Waals surface area contributed by atoms with Crippen molar-refractivity contribution >= 4 is 21.0 Å². The fraction of sp³-hybridized carbons (Fsp3) is 0.278. The first-order chi connectivity index (χ1) is 11.7. The van der Waals surface area contributed by atoms with Gasteiger partial charge in [-0.25, -0.2) is 8.42 Å². The van der Waals surface area contributed by atoms with Crippen LogP contribution in [0.15, 0.2) is 47.5 Å².